The standard InChI is InChI=1S/C12H26N2/c1-5-7-11(3)14-9-8-13-12(4,6-2)10-14/h11,13H,5-10H2,1-4H3. The monoisotopic (exact) mass is 198 g/mol. The molecule has 1 aliphatic rings. The van der Waals surface area contributed by atoms with Crippen molar-refractivity contribution in [3.05, 3.63) is 0 Å². The summed E-state index contributed by atoms with van der Waals surface area (Å²) in [6.45, 7) is 12.8. The van der Waals surface area contributed by atoms with Crippen LogP contribution in [-0.4, -0.2) is 36.1 Å². The van der Waals surface area contributed by atoms with Gasteiger partial charge in [-0.25, -0.2) is 0 Å². The summed E-state index contributed by atoms with van der Waals surface area (Å²) in [5.74, 6) is 0. The first-order chi connectivity index (χ1) is 6.61. The maximum Gasteiger partial charge on any atom is 0.0278 e. The van der Waals surface area contributed by atoms with Crippen LogP contribution in [0.4, 0.5) is 0 Å². The fourth-order valence-corrected chi connectivity index (χ4v) is 2.30. The van der Waals surface area contributed by atoms with E-state index < -0.39 is 0 Å². The van der Waals surface area contributed by atoms with Crippen molar-refractivity contribution in [2.75, 3.05) is 19.6 Å². The number of hydrogen-bond acceptors (Lipinski definition) is 2. The highest BCUT2D eigenvalue weighted by atomic mass is 15.2. The summed E-state index contributed by atoms with van der Waals surface area (Å²) in [7, 11) is 0. The van der Waals surface area contributed by atoms with E-state index in [9.17, 15) is 0 Å². The molecule has 1 heterocycles. The summed E-state index contributed by atoms with van der Waals surface area (Å²) >= 11 is 0. The smallest absolute Gasteiger partial charge is 0.0278 e. The molecule has 1 fully saturated rings. The number of nitrogens with one attached hydrogen (secondary N) is 1. The fourth-order valence-electron chi connectivity index (χ4n) is 2.30. The molecule has 0 radical (unpaired) electrons. The van der Waals surface area contributed by atoms with Crippen molar-refractivity contribution in [2.45, 2.75) is 58.5 Å². The molecule has 0 saturated carbocycles. The molecule has 1 aliphatic heterocycles. The molecule has 2 unspecified atom stereocenters. The molecular weight excluding hydrogens is 172 g/mol. The van der Waals surface area contributed by atoms with Crippen LogP contribution in [0, 0.1) is 0 Å². The zero-order valence-corrected chi connectivity index (χ0v) is 10.3. The summed E-state index contributed by atoms with van der Waals surface area (Å²) < 4.78 is 0. The molecule has 0 aromatic heterocycles. The van der Waals surface area contributed by atoms with E-state index in [-0.39, 0.29) is 0 Å². The van der Waals surface area contributed by atoms with E-state index in [1.165, 1.54) is 32.4 Å². The Morgan fingerprint density at radius 2 is 2.14 bits per heavy atom. The van der Waals surface area contributed by atoms with Crippen molar-refractivity contribution >= 4 is 0 Å². The Morgan fingerprint density at radius 3 is 2.71 bits per heavy atom. The van der Waals surface area contributed by atoms with Crippen molar-refractivity contribution in [2.24, 2.45) is 0 Å². The van der Waals surface area contributed by atoms with Crippen LogP contribution >= 0.6 is 0 Å². The van der Waals surface area contributed by atoms with Gasteiger partial charge in [0, 0.05) is 31.2 Å². The van der Waals surface area contributed by atoms with Gasteiger partial charge in [0.15, 0.2) is 0 Å². The lowest BCUT2D eigenvalue weighted by Gasteiger charge is -2.43. The summed E-state index contributed by atoms with van der Waals surface area (Å²) in [5, 5.41) is 3.63. The summed E-state index contributed by atoms with van der Waals surface area (Å²) in [6, 6.07) is 0.757. The number of rotatable bonds is 4. The van der Waals surface area contributed by atoms with Gasteiger partial charge in [0.1, 0.15) is 0 Å². The highest BCUT2D eigenvalue weighted by molar-refractivity contribution is 4.91. The van der Waals surface area contributed by atoms with Gasteiger partial charge in [-0.05, 0) is 26.7 Å². The highest BCUT2D eigenvalue weighted by Crippen LogP contribution is 2.18. The van der Waals surface area contributed by atoms with Crippen LogP contribution in [0.1, 0.15) is 47.0 Å². The number of hydrogen-bond donors (Lipinski definition) is 1. The summed E-state index contributed by atoms with van der Waals surface area (Å²) in [6.07, 6.45) is 3.86. The minimum Gasteiger partial charge on any atom is -0.309 e. The predicted octanol–water partition coefficient (Wildman–Crippen LogP) is 2.25. The molecule has 84 valence electrons. The normalized spacial score (nSPS) is 31.7. The van der Waals surface area contributed by atoms with Crippen LogP contribution in [0.15, 0.2) is 0 Å². The van der Waals surface area contributed by atoms with E-state index in [1.54, 1.807) is 0 Å². The zero-order chi connectivity index (χ0) is 10.6. The largest absolute Gasteiger partial charge is 0.309 e. The topological polar surface area (TPSA) is 15.3 Å². The van der Waals surface area contributed by atoms with Gasteiger partial charge in [0.25, 0.3) is 0 Å². The lowest BCUT2D eigenvalue weighted by molar-refractivity contribution is 0.100. The van der Waals surface area contributed by atoms with E-state index >= 15 is 0 Å². The van der Waals surface area contributed by atoms with Crippen molar-refractivity contribution in [1.29, 1.82) is 0 Å². The third-order valence-corrected chi connectivity index (χ3v) is 3.61. The van der Waals surface area contributed by atoms with E-state index in [2.05, 4.69) is 37.9 Å². The average Bonchev–Trinajstić information content (AvgIpc) is 2.18. The molecule has 0 aromatic rings. The lowest BCUT2D eigenvalue weighted by Crippen LogP contribution is -2.60. The first-order valence-electron chi connectivity index (χ1n) is 6.10. The first kappa shape index (κ1) is 12.0. The van der Waals surface area contributed by atoms with Gasteiger partial charge in [-0.3, -0.25) is 4.90 Å². The Morgan fingerprint density at radius 1 is 1.43 bits per heavy atom. The molecular formula is C12H26N2. The van der Waals surface area contributed by atoms with Gasteiger partial charge in [-0.1, -0.05) is 20.3 Å². The minimum atomic E-state index is 0.347. The third-order valence-electron chi connectivity index (χ3n) is 3.61. The lowest BCUT2D eigenvalue weighted by atomic mass is 9.94. The Kier molecular flexibility index (Phi) is 4.39. The molecule has 0 spiro atoms. The molecule has 2 heteroatoms. The van der Waals surface area contributed by atoms with Crippen molar-refractivity contribution in [3.8, 4) is 0 Å². The zero-order valence-electron chi connectivity index (χ0n) is 10.3. The first-order valence-corrected chi connectivity index (χ1v) is 6.10. The molecule has 0 aromatic carbocycles. The highest BCUT2D eigenvalue weighted by Gasteiger charge is 2.30. The average molecular weight is 198 g/mol. The van der Waals surface area contributed by atoms with Gasteiger partial charge in [0.05, 0.1) is 0 Å². The van der Waals surface area contributed by atoms with Crippen molar-refractivity contribution in [1.82, 2.24) is 10.2 Å². The van der Waals surface area contributed by atoms with E-state index in [1.807, 2.05) is 0 Å². The second-order valence-electron chi connectivity index (χ2n) is 4.95. The second-order valence-corrected chi connectivity index (χ2v) is 4.95. The van der Waals surface area contributed by atoms with Crippen LogP contribution in [0.3, 0.4) is 0 Å². The van der Waals surface area contributed by atoms with Gasteiger partial charge in [-0.15, -0.1) is 0 Å². The summed E-state index contributed by atoms with van der Waals surface area (Å²) in [5.41, 5.74) is 0.347. The minimum absolute atomic E-state index is 0.347. The molecule has 1 rings (SSSR count). The number of nitrogens with zero attached hydrogens (tertiary/aromatic N) is 1. The Bertz CT molecular complexity index is 170. The fraction of sp³-hybridized carbons (Fsp3) is 1.00. The SMILES string of the molecule is CCCC(C)N1CCNC(C)(CC)C1. The molecule has 0 aliphatic carbocycles. The molecule has 2 nitrogen and oxygen atoms in total. The predicted molar refractivity (Wildman–Crippen MR) is 62.6 cm³/mol. The van der Waals surface area contributed by atoms with Crippen LogP contribution in [0.5, 0.6) is 0 Å². The quantitative estimate of drug-likeness (QED) is 0.745. The Balaban J connectivity index is 2.47. The Labute approximate surface area is 89.1 Å². The second kappa shape index (κ2) is 5.13. The van der Waals surface area contributed by atoms with Crippen LogP contribution < -0.4 is 5.32 Å². The molecule has 1 saturated heterocycles. The summed E-state index contributed by atoms with van der Waals surface area (Å²) in [4.78, 5) is 2.64. The van der Waals surface area contributed by atoms with Gasteiger partial charge in [-0.2, -0.15) is 0 Å². The van der Waals surface area contributed by atoms with Crippen LogP contribution in [0.25, 0.3) is 0 Å². The van der Waals surface area contributed by atoms with Crippen LogP contribution in [-0.2, 0) is 0 Å². The van der Waals surface area contributed by atoms with Gasteiger partial charge < -0.3 is 5.32 Å². The number of piperazine rings is 1. The molecule has 0 amide bonds. The maximum absolute atomic E-state index is 3.63. The van der Waals surface area contributed by atoms with Crippen LogP contribution in [0.2, 0.25) is 0 Å². The van der Waals surface area contributed by atoms with Crippen molar-refractivity contribution < 1.29 is 0 Å². The van der Waals surface area contributed by atoms with E-state index in [0.29, 0.717) is 5.54 Å². The Hall–Kier alpha value is -0.0800. The third kappa shape index (κ3) is 2.96. The molecule has 2 atom stereocenters. The van der Waals surface area contributed by atoms with Gasteiger partial charge in [0.2, 0.25) is 0 Å². The maximum atomic E-state index is 3.63. The van der Waals surface area contributed by atoms with Crippen molar-refractivity contribution in [3.63, 3.8) is 0 Å². The van der Waals surface area contributed by atoms with Gasteiger partial charge >= 0.3 is 0 Å². The molecule has 14 heavy (non-hydrogen) atoms. The molecule has 0 bridgehead atoms. The molecule has 1 N–H and O–H groups in total. The van der Waals surface area contributed by atoms with E-state index in [0.717, 1.165) is 12.6 Å². The van der Waals surface area contributed by atoms with E-state index in [4.69, 9.17) is 0 Å².